The highest BCUT2D eigenvalue weighted by atomic mass is 35.5. The number of hydrogen-bond acceptors (Lipinski definition) is 4. The number of nitrogens with zero attached hydrogens (tertiary/aromatic N) is 3. The van der Waals surface area contributed by atoms with Crippen molar-refractivity contribution in [3.8, 4) is 11.5 Å². The normalized spacial score (nSPS) is 14.0. The van der Waals surface area contributed by atoms with Crippen molar-refractivity contribution < 1.29 is 4.42 Å². The largest absolute Gasteiger partial charge is 0.419 e. The molecule has 0 saturated heterocycles. The van der Waals surface area contributed by atoms with E-state index in [-0.39, 0.29) is 0 Å². The van der Waals surface area contributed by atoms with Crippen LogP contribution in [0.15, 0.2) is 28.7 Å². The number of rotatable bonds is 4. The first-order valence-corrected chi connectivity index (χ1v) is 7.53. The summed E-state index contributed by atoms with van der Waals surface area (Å²) in [5, 5.41) is 12.5. The van der Waals surface area contributed by atoms with Crippen molar-refractivity contribution in [2.45, 2.75) is 25.4 Å². The predicted octanol–water partition coefficient (Wildman–Crippen LogP) is 2.86. The van der Waals surface area contributed by atoms with E-state index in [0.29, 0.717) is 34.5 Å². The lowest BCUT2D eigenvalue weighted by molar-refractivity contribution is 0.345. The van der Waals surface area contributed by atoms with E-state index in [1.54, 1.807) is 6.07 Å². The summed E-state index contributed by atoms with van der Waals surface area (Å²) in [6.07, 6.45) is 2.29. The third kappa shape index (κ3) is 3.16. The molecule has 2 aromatic rings. The van der Waals surface area contributed by atoms with E-state index in [0.717, 1.165) is 18.4 Å². The topological polar surface area (TPSA) is 54.2 Å². The predicted molar refractivity (Wildman–Crippen MR) is 85.0 cm³/mol. The number of hydrogen-bond donors (Lipinski definition) is 1. The van der Waals surface area contributed by atoms with Crippen molar-refractivity contribution in [2.75, 3.05) is 7.05 Å². The monoisotopic (exact) mass is 322 g/mol. The summed E-state index contributed by atoms with van der Waals surface area (Å²) in [6.45, 7) is 0.516. The average Bonchev–Trinajstić information content (AvgIpc) is 3.23. The highest BCUT2D eigenvalue weighted by Crippen LogP contribution is 2.30. The van der Waals surface area contributed by atoms with Crippen LogP contribution in [0.5, 0.6) is 0 Å². The molecule has 1 aromatic heterocycles. The molecule has 0 aliphatic heterocycles. The molecule has 1 N–H and O–H groups in total. The molecular formula is C14H15ClN4OS. The molecule has 110 valence electrons. The Bertz CT molecular complexity index is 656. The summed E-state index contributed by atoms with van der Waals surface area (Å²) in [5.74, 6) is 0.969. The van der Waals surface area contributed by atoms with Gasteiger partial charge in [0.2, 0.25) is 11.8 Å². The second-order valence-electron chi connectivity index (χ2n) is 4.90. The van der Waals surface area contributed by atoms with Crippen LogP contribution >= 0.6 is 23.8 Å². The van der Waals surface area contributed by atoms with E-state index in [1.165, 1.54) is 0 Å². The first-order chi connectivity index (χ1) is 10.2. The fraction of sp³-hybridized carbons (Fsp3) is 0.357. The zero-order valence-electron chi connectivity index (χ0n) is 11.5. The molecule has 5 nitrogen and oxygen atoms in total. The van der Waals surface area contributed by atoms with Gasteiger partial charge in [0.05, 0.1) is 17.1 Å². The van der Waals surface area contributed by atoms with Gasteiger partial charge in [0, 0.05) is 13.1 Å². The molecule has 1 aromatic carbocycles. The van der Waals surface area contributed by atoms with Gasteiger partial charge in [0.1, 0.15) is 0 Å². The Morgan fingerprint density at radius 1 is 1.43 bits per heavy atom. The van der Waals surface area contributed by atoms with E-state index < -0.39 is 0 Å². The maximum absolute atomic E-state index is 6.14. The summed E-state index contributed by atoms with van der Waals surface area (Å²) in [4.78, 5) is 2.08. The molecule has 1 aliphatic carbocycles. The second kappa shape index (κ2) is 5.99. The molecule has 1 fully saturated rings. The smallest absolute Gasteiger partial charge is 0.249 e. The minimum absolute atomic E-state index is 0.432. The molecule has 21 heavy (non-hydrogen) atoms. The fourth-order valence-corrected chi connectivity index (χ4v) is 2.53. The molecule has 1 heterocycles. The molecule has 0 amide bonds. The Morgan fingerprint density at radius 3 is 2.86 bits per heavy atom. The average molecular weight is 323 g/mol. The number of aromatic nitrogens is 2. The van der Waals surface area contributed by atoms with Gasteiger partial charge in [0.25, 0.3) is 0 Å². The molecule has 0 bridgehead atoms. The van der Waals surface area contributed by atoms with E-state index in [2.05, 4.69) is 20.4 Å². The first-order valence-electron chi connectivity index (χ1n) is 6.74. The van der Waals surface area contributed by atoms with Crippen LogP contribution in [0.25, 0.3) is 11.5 Å². The van der Waals surface area contributed by atoms with Gasteiger partial charge < -0.3 is 14.6 Å². The van der Waals surface area contributed by atoms with Gasteiger partial charge in [-0.25, -0.2) is 0 Å². The lowest BCUT2D eigenvalue weighted by Crippen LogP contribution is -2.38. The minimum atomic E-state index is 0.432. The fourth-order valence-electron chi connectivity index (χ4n) is 2.10. The van der Waals surface area contributed by atoms with E-state index >= 15 is 0 Å². The summed E-state index contributed by atoms with van der Waals surface area (Å²) in [7, 11) is 1.82. The van der Waals surface area contributed by atoms with Gasteiger partial charge in [-0.1, -0.05) is 23.7 Å². The summed E-state index contributed by atoms with van der Waals surface area (Å²) in [5.41, 5.74) is 0.743. The Morgan fingerprint density at radius 2 is 2.19 bits per heavy atom. The van der Waals surface area contributed by atoms with Crippen molar-refractivity contribution >= 4 is 28.9 Å². The van der Waals surface area contributed by atoms with Gasteiger partial charge in [-0.2, -0.15) is 0 Å². The zero-order valence-corrected chi connectivity index (χ0v) is 13.1. The highest BCUT2D eigenvalue weighted by molar-refractivity contribution is 7.80. The lowest BCUT2D eigenvalue weighted by Gasteiger charge is -2.22. The Hall–Kier alpha value is -1.66. The Labute approximate surface area is 133 Å². The molecular weight excluding hydrogens is 308 g/mol. The van der Waals surface area contributed by atoms with Crippen molar-refractivity contribution in [1.29, 1.82) is 0 Å². The lowest BCUT2D eigenvalue weighted by atomic mass is 10.2. The highest BCUT2D eigenvalue weighted by Gasteiger charge is 2.31. The summed E-state index contributed by atoms with van der Waals surface area (Å²) >= 11 is 11.5. The molecule has 0 unspecified atom stereocenters. The summed E-state index contributed by atoms with van der Waals surface area (Å²) in [6, 6.07) is 7.88. The number of halogens is 1. The molecule has 3 rings (SSSR count). The van der Waals surface area contributed by atoms with Gasteiger partial charge in [-0.05, 0) is 37.2 Å². The van der Waals surface area contributed by atoms with Crippen LogP contribution in [0.2, 0.25) is 5.02 Å². The maximum Gasteiger partial charge on any atom is 0.249 e. The molecule has 7 heteroatoms. The van der Waals surface area contributed by atoms with Crippen LogP contribution in [0.4, 0.5) is 0 Å². The van der Waals surface area contributed by atoms with Crippen LogP contribution in [-0.4, -0.2) is 33.3 Å². The van der Waals surface area contributed by atoms with Crippen LogP contribution in [0.3, 0.4) is 0 Å². The molecule has 0 spiro atoms. The van der Waals surface area contributed by atoms with Crippen LogP contribution in [-0.2, 0) is 6.54 Å². The Kier molecular flexibility index (Phi) is 4.07. The number of thiocarbonyl (C=S) groups is 1. The zero-order chi connectivity index (χ0) is 14.8. The first kappa shape index (κ1) is 14.3. The third-order valence-corrected chi connectivity index (χ3v) is 4.11. The van der Waals surface area contributed by atoms with Crippen molar-refractivity contribution in [3.63, 3.8) is 0 Å². The van der Waals surface area contributed by atoms with Crippen molar-refractivity contribution in [3.05, 3.63) is 35.2 Å². The number of benzene rings is 1. The molecule has 1 saturated carbocycles. The maximum atomic E-state index is 6.14. The van der Waals surface area contributed by atoms with Gasteiger partial charge >= 0.3 is 0 Å². The van der Waals surface area contributed by atoms with E-state index in [9.17, 15) is 0 Å². The SMILES string of the molecule is CNC(=S)N(Cc1nnc(-c2ccccc2Cl)o1)C1CC1. The quantitative estimate of drug-likeness (QED) is 0.874. The second-order valence-corrected chi connectivity index (χ2v) is 5.69. The summed E-state index contributed by atoms with van der Waals surface area (Å²) < 4.78 is 5.72. The van der Waals surface area contributed by atoms with E-state index in [1.807, 2.05) is 25.2 Å². The standard InChI is InChI=1S/C14H15ClN4OS/c1-16-14(21)19(9-6-7-9)8-12-17-18-13(20-12)10-4-2-3-5-11(10)15/h2-5,9H,6-8H2,1H3,(H,16,21). The Balaban J connectivity index is 1.79. The van der Waals surface area contributed by atoms with Crippen molar-refractivity contribution in [1.82, 2.24) is 20.4 Å². The van der Waals surface area contributed by atoms with E-state index in [4.69, 9.17) is 28.2 Å². The van der Waals surface area contributed by atoms with Gasteiger partial charge in [-0.15, -0.1) is 10.2 Å². The molecule has 0 atom stereocenters. The van der Waals surface area contributed by atoms with Crippen LogP contribution < -0.4 is 5.32 Å². The van der Waals surface area contributed by atoms with Crippen LogP contribution in [0.1, 0.15) is 18.7 Å². The number of nitrogens with one attached hydrogen (secondary N) is 1. The minimum Gasteiger partial charge on any atom is -0.419 e. The molecule has 0 radical (unpaired) electrons. The van der Waals surface area contributed by atoms with Gasteiger partial charge in [-0.3, -0.25) is 0 Å². The van der Waals surface area contributed by atoms with Gasteiger partial charge in [0.15, 0.2) is 5.11 Å². The van der Waals surface area contributed by atoms with Crippen molar-refractivity contribution in [2.24, 2.45) is 0 Å². The van der Waals surface area contributed by atoms with Crippen LogP contribution in [0, 0.1) is 0 Å². The molecule has 1 aliphatic rings. The third-order valence-electron chi connectivity index (χ3n) is 3.34.